The summed E-state index contributed by atoms with van der Waals surface area (Å²) in [6.07, 6.45) is 4.60. The molecule has 1 unspecified atom stereocenters. The summed E-state index contributed by atoms with van der Waals surface area (Å²) in [4.78, 5) is 11.2. The summed E-state index contributed by atoms with van der Waals surface area (Å²) in [5.74, 6) is 0.650. The van der Waals surface area contributed by atoms with Gasteiger partial charge in [0.25, 0.3) is 0 Å². The van der Waals surface area contributed by atoms with Crippen LogP contribution in [0.15, 0.2) is 0 Å². The van der Waals surface area contributed by atoms with Gasteiger partial charge in [-0.2, -0.15) is 0 Å². The molecule has 1 atom stereocenters. The van der Waals surface area contributed by atoms with Gasteiger partial charge in [0.2, 0.25) is 0 Å². The maximum Gasteiger partial charge on any atom is 0.161 e. The zero-order valence-corrected chi connectivity index (χ0v) is 8.01. The molecule has 1 saturated carbocycles. The van der Waals surface area contributed by atoms with Gasteiger partial charge in [-0.25, -0.2) is 0 Å². The Labute approximate surface area is 74.3 Å². The highest BCUT2D eigenvalue weighted by Crippen LogP contribution is 2.29. The Hall–Kier alpha value is -0.370. The zero-order chi connectivity index (χ0) is 8.97. The minimum absolute atomic E-state index is 0.248. The minimum atomic E-state index is 0.248. The van der Waals surface area contributed by atoms with Gasteiger partial charge in [0.15, 0.2) is 5.78 Å². The Bertz CT molecular complexity index is 150. The second-order valence-electron chi connectivity index (χ2n) is 3.65. The summed E-state index contributed by atoms with van der Waals surface area (Å²) in [6.45, 7) is 4.50. The van der Waals surface area contributed by atoms with E-state index in [0.29, 0.717) is 18.3 Å². The van der Waals surface area contributed by atoms with Crippen molar-refractivity contribution in [3.63, 3.8) is 0 Å². The molecule has 0 N–H and O–H groups in total. The first-order valence-electron chi connectivity index (χ1n) is 4.88. The quantitative estimate of drug-likeness (QED) is 0.610. The summed E-state index contributed by atoms with van der Waals surface area (Å²) in [5, 5.41) is 0. The molecule has 0 aromatic carbocycles. The van der Waals surface area contributed by atoms with Crippen LogP contribution in [-0.2, 0) is 9.53 Å². The van der Waals surface area contributed by atoms with E-state index in [2.05, 4.69) is 6.92 Å². The highest BCUT2D eigenvalue weighted by atomic mass is 16.5. The molecule has 1 aliphatic carbocycles. The Kier molecular flexibility index (Phi) is 3.73. The van der Waals surface area contributed by atoms with Gasteiger partial charge >= 0.3 is 0 Å². The van der Waals surface area contributed by atoms with E-state index in [9.17, 15) is 4.79 Å². The van der Waals surface area contributed by atoms with Crippen molar-refractivity contribution in [2.24, 2.45) is 5.92 Å². The van der Waals surface area contributed by atoms with E-state index in [0.717, 1.165) is 25.7 Å². The molecule has 2 nitrogen and oxygen atoms in total. The smallest absolute Gasteiger partial charge is 0.161 e. The van der Waals surface area contributed by atoms with Crippen LogP contribution in [0, 0.1) is 5.92 Å². The van der Waals surface area contributed by atoms with E-state index in [-0.39, 0.29) is 6.10 Å². The van der Waals surface area contributed by atoms with E-state index in [4.69, 9.17) is 4.74 Å². The van der Waals surface area contributed by atoms with Gasteiger partial charge in [0.05, 0.1) is 6.10 Å². The first kappa shape index (κ1) is 9.72. The summed E-state index contributed by atoms with van der Waals surface area (Å²) in [7, 11) is 0. The first-order valence-corrected chi connectivity index (χ1v) is 4.88. The van der Waals surface area contributed by atoms with Gasteiger partial charge < -0.3 is 4.74 Å². The molecule has 12 heavy (non-hydrogen) atoms. The maximum atomic E-state index is 11.2. The third-order valence-electron chi connectivity index (χ3n) is 2.24. The monoisotopic (exact) mass is 170 g/mol. The number of hydrogen-bond donors (Lipinski definition) is 0. The number of carbonyl (C=O) groups is 1. The average Bonchev–Trinajstić information content (AvgIpc) is 2.83. The molecule has 1 fully saturated rings. The highest BCUT2D eigenvalue weighted by Gasteiger charge is 2.29. The van der Waals surface area contributed by atoms with Crippen LogP contribution >= 0.6 is 0 Å². The third-order valence-corrected chi connectivity index (χ3v) is 2.24. The van der Waals surface area contributed by atoms with Crippen LogP contribution in [0.2, 0.25) is 0 Å². The number of carbonyl (C=O) groups excluding carboxylic acids is 1. The van der Waals surface area contributed by atoms with E-state index < -0.39 is 0 Å². The fraction of sp³-hybridized carbons (Fsp3) is 0.900. The van der Waals surface area contributed by atoms with Crippen LogP contribution in [0.1, 0.15) is 39.5 Å². The van der Waals surface area contributed by atoms with Crippen molar-refractivity contribution in [3.8, 4) is 0 Å². The van der Waals surface area contributed by atoms with Crippen molar-refractivity contribution in [2.75, 3.05) is 6.61 Å². The summed E-state index contributed by atoms with van der Waals surface area (Å²) in [6, 6.07) is 0. The van der Waals surface area contributed by atoms with Gasteiger partial charge in [-0.1, -0.05) is 13.3 Å². The molecule has 0 spiro atoms. The topological polar surface area (TPSA) is 26.3 Å². The Morgan fingerprint density at radius 3 is 2.75 bits per heavy atom. The predicted octanol–water partition coefficient (Wildman–Crippen LogP) is 2.17. The van der Waals surface area contributed by atoms with Crippen LogP contribution in [-0.4, -0.2) is 18.5 Å². The van der Waals surface area contributed by atoms with Crippen molar-refractivity contribution in [3.05, 3.63) is 0 Å². The van der Waals surface area contributed by atoms with Crippen molar-refractivity contribution in [1.29, 1.82) is 0 Å². The zero-order valence-electron chi connectivity index (χ0n) is 8.01. The molecule has 0 aliphatic heterocycles. The standard InChI is InChI=1S/C10H18O2/c1-3-4-8(2)12-7-10(11)9-5-6-9/h8-9H,3-7H2,1-2H3. The summed E-state index contributed by atoms with van der Waals surface area (Å²) < 4.78 is 5.40. The molecule has 1 aliphatic rings. The van der Waals surface area contributed by atoms with Crippen LogP contribution in [0.5, 0.6) is 0 Å². The maximum absolute atomic E-state index is 11.2. The Morgan fingerprint density at radius 1 is 1.58 bits per heavy atom. The van der Waals surface area contributed by atoms with Crippen molar-refractivity contribution in [2.45, 2.75) is 45.6 Å². The highest BCUT2D eigenvalue weighted by molar-refractivity contribution is 5.84. The van der Waals surface area contributed by atoms with E-state index in [1.54, 1.807) is 0 Å². The molecule has 0 saturated heterocycles. The molecular weight excluding hydrogens is 152 g/mol. The molecular formula is C10H18O2. The molecule has 1 rings (SSSR count). The normalized spacial score (nSPS) is 19.2. The largest absolute Gasteiger partial charge is 0.371 e. The average molecular weight is 170 g/mol. The fourth-order valence-electron chi connectivity index (χ4n) is 1.24. The van der Waals surface area contributed by atoms with Crippen LogP contribution < -0.4 is 0 Å². The molecule has 0 heterocycles. The van der Waals surface area contributed by atoms with Crippen molar-refractivity contribution in [1.82, 2.24) is 0 Å². The fourth-order valence-corrected chi connectivity index (χ4v) is 1.24. The number of ketones is 1. The summed E-state index contributed by atoms with van der Waals surface area (Å²) >= 11 is 0. The van der Waals surface area contributed by atoms with Gasteiger partial charge in [0.1, 0.15) is 6.61 Å². The Morgan fingerprint density at radius 2 is 2.25 bits per heavy atom. The van der Waals surface area contributed by atoms with Crippen molar-refractivity contribution >= 4 is 5.78 Å². The number of hydrogen-bond acceptors (Lipinski definition) is 2. The predicted molar refractivity (Wildman–Crippen MR) is 48.1 cm³/mol. The van der Waals surface area contributed by atoms with Gasteiger partial charge in [-0.05, 0) is 26.2 Å². The number of Topliss-reactive ketones (excluding diaryl/α,β-unsaturated/α-hetero) is 1. The molecule has 2 heteroatoms. The lowest BCUT2D eigenvalue weighted by molar-refractivity contribution is -0.126. The second-order valence-corrected chi connectivity index (χ2v) is 3.65. The van der Waals surface area contributed by atoms with E-state index in [1.807, 2.05) is 6.92 Å². The second kappa shape index (κ2) is 4.61. The van der Waals surface area contributed by atoms with E-state index in [1.165, 1.54) is 0 Å². The van der Waals surface area contributed by atoms with Gasteiger partial charge in [-0.15, -0.1) is 0 Å². The molecule has 0 aromatic heterocycles. The molecule has 70 valence electrons. The van der Waals surface area contributed by atoms with Crippen LogP contribution in [0.25, 0.3) is 0 Å². The first-order chi connectivity index (χ1) is 5.74. The lowest BCUT2D eigenvalue weighted by Crippen LogP contribution is -2.16. The Balaban J connectivity index is 2.03. The lowest BCUT2D eigenvalue weighted by Gasteiger charge is -2.10. The van der Waals surface area contributed by atoms with Crippen LogP contribution in [0.4, 0.5) is 0 Å². The minimum Gasteiger partial charge on any atom is -0.371 e. The van der Waals surface area contributed by atoms with Gasteiger partial charge in [-0.3, -0.25) is 4.79 Å². The van der Waals surface area contributed by atoms with Crippen molar-refractivity contribution < 1.29 is 9.53 Å². The summed E-state index contributed by atoms with van der Waals surface area (Å²) in [5.41, 5.74) is 0. The molecule has 0 radical (unpaired) electrons. The lowest BCUT2D eigenvalue weighted by atomic mass is 10.2. The number of ether oxygens (including phenoxy) is 1. The van der Waals surface area contributed by atoms with Crippen LogP contribution in [0.3, 0.4) is 0 Å². The molecule has 0 amide bonds. The molecule has 0 aromatic rings. The number of rotatable bonds is 6. The van der Waals surface area contributed by atoms with E-state index >= 15 is 0 Å². The third kappa shape index (κ3) is 3.35. The molecule has 0 bridgehead atoms. The van der Waals surface area contributed by atoms with Gasteiger partial charge in [0, 0.05) is 5.92 Å². The SMILES string of the molecule is CCCC(C)OCC(=O)C1CC1.